The zero-order chi connectivity index (χ0) is 12.8. The fourth-order valence-electron chi connectivity index (χ4n) is 1.66. The number of benzene rings is 1. The summed E-state index contributed by atoms with van der Waals surface area (Å²) in [7, 11) is 0. The molecule has 2 rings (SSSR count). The second kappa shape index (κ2) is 6.02. The van der Waals surface area contributed by atoms with Gasteiger partial charge in [0, 0.05) is 18.5 Å². The van der Waals surface area contributed by atoms with Crippen molar-refractivity contribution in [3.63, 3.8) is 0 Å². The van der Waals surface area contributed by atoms with Crippen LogP contribution in [0.2, 0.25) is 0 Å². The summed E-state index contributed by atoms with van der Waals surface area (Å²) in [5.74, 6) is 0.732. The van der Waals surface area contributed by atoms with E-state index >= 15 is 0 Å². The van der Waals surface area contributed by atoms with Gasteiger partial charge in [-0.2, -0.15) is 0 Å². The van der Waals surface area contributed by atoms with Gasteiger partial charge < -0.3 is 14.8 Å². The van der Waals surface area contributed by atoms with Crippen molar-refractivity contribution in [3.05, 3.63) is 54.0 Å². The zero-order valence-electron chi connectivity index (χ0n) is 9.93. The van der Waals surface area contributed by atoms with Crippen LogP contribution in [0.15, 0.2) is 47.1 Å². The lowest BCUT2D eigenvalue weighted by Crippen LogP contribution is -2.12. The van der Waals surface area contributed by atoms with Crippen molar-refractivity contribution in [2.24, 2.45) is 0 Å². The summed E-state index contributed by atoms with van der Waals surface area (Å²) in [4.78, 5) is 11.7. The first-order valence-electron chi connectivity index (χ1n) is 5.80. The van der Waals surface area contributed by atoms with E-state index in [0.717, 1.165) is 11.3 Å². The second-order valence-corrected chi connectivity index (χ2v) is 3.99. The third-order valence-electron chi connectivity index (χ3n) is 2.57. The van der Waals surface area contributed by atoms with Crippen LogP contribution in [0.5, 0.6) is 0 Å². The number of anilines is 1. The standard InChI is InChI=1S/C14H15NO3/c16-10-11-3-1-4-12(9-11)15-14(17)7-6-13-5-2-8-18-13/h1-5,8-9,16H,6-7,10H2,(H,15,17). The summed E-state index contributed by atoms with van der Waals surface area (Å²) in [5.41, 5.74) is 1.48. The average molecular weight is 245 g/mol. The smallest absolute Gasteiger partial charge is 0.224 e. The van der Waals surface area contributed by atoms with Gasteiger partial charge in [-0.3, -0.25) is 4.79 Å². The van der Waals surface area contributed by atoms with Crippen molar-refractivity contribution in [2.45, 2.75) is 19.4 Å². The number of hydrogen-bond donors (Lipinski definition) is 2. The second-order valence-electron chi connectivity index (χ2n) is 3.99. The minimum atomic E-state index is -0.0681. The van der Waals surface area contributed by atoms with Crippen molar-refractivity contribution in [1.82, 2.24) is 0 Å². The van der Waals surface area contributed by atoms with Crippen molar-refractivity contribution >= 4 is 11.6 Å². The van der Waals surface area contributed by atoms with E-state index in [4.69, 9.17) is 9.52 Å². The van der Waals surface area contributed by atoms with Crippen molar-refractivity contribution in [3.8, 4) is 0 Å². The molecule has 0 unspecified atom stereocenters. The number of aliphatic hydroxyl groups is 1. The minimum absolute atomic E-state index is 0.0316. The van der Waals surface area contributed by atoms with Gasteiger partial charge in [0.1, 0.15) is 5.76 Å². The Morgan fingerprint density at radius 2 is 2.17 bits per heavy atom. The molecule has 0 radical (unpaired) electrons. The van der Waals surface area contributed by atoms with Crippen LogP contribution in [0.3, 0.4) is 0 Å². The molecule has 0 fully saturated rings. The number of furan rings is 1. The minimum Gasteiger partial charge on any atom is -0.469 e. The maximum atomic E-state index is 11.7. The lowest BCUT2D eigenvalue weighted by atomic mass is 10.2. The van der Waals surface area contributed by atoms with E-state index in [1.807, 2.05) is 6.07 Å². The van der Waals surface area contributed by atoms with E-state index < -0.39 is 0 Å². The van der Waals surface area contributed by atoms with Crippen LogP contribution < -0.4 is 5.32 Å². The largest absolute Gasteiger partial charge is 0.469 e. The van der Waals surface area contributed by atoms with E-state index in [9.17, 15) is 4.79 Å². The molecule has 4 heteroatoms. The Balaban J connectivity index is 1.86. The maximum absolute atomic E-state index is 11.7. The topological polar surface area (TPSA) is 62.5 Å². The van der Waals surface area contributed by atoms with Gasteiger partial charge >= 0.3 is 0 Å². The highest BCUT2D eigenvalue weighted by molar-refractivity contribution is 5.90. The zero-order valence-corrected chi connectivity index (χ0v) is 9.93. The summed E-state index contributed by atoms with van der Waals surface area (Å²) < 4.78 is 5.16. The molecule has 1 heterocycles. The summed E-state index contributed by atoms with van der Waals surface area (Å²) in [6, 6.07) is 10.8. The third kappa shape index (κ3) is 3.46. The molecule has 0 bridgehead atoms. The molecule has 0 saturated heterocycles. The molecule has 2 aromatic rings. The normalized spacial score (nSPS) is 10.3. The van der Waals surface area contributed by atoms with Crippen LogP contribution in [-0.4, -0.2) is 11.0 Å². The van der Waals surface area contributed by atoms with Crippen LogP contribution in [0, 0.1) is 0 Å². The summed E-state index contributed by atoms with van der Waals surface area (Å²) in [6.45, 7) is -0.0316. The Morgan fingerprint density at radius 3 is 2.89 bits per heavy atom. The Morgan fingerprint density at radius 1 is 1.28 bits per heavy atom. The van der Waals surface area contributed by atoms with Gasteiger partial charge in [-0.25, -0.2) is 0 Å². The predicted molar refractivity (Wildman–Crippen MR) is 68.0 cm³/mol. The molecule has 0 spiro atoms. The van der Waals surface area contributed by atoms with Gasteiger partial charge in [-0.05, 0) is 29.8 Å². The molecule has 2 N–H and O–H groups in total. The predicted octanol–water partition coefficient (Wildman–Crippen LogP) is 2.34. The fourth-order valence-corrected chi connectivity index (χ4v) is 1.66. The highest BCUT2D eigenvalue weighted by Gasteiger charge is 2.04. The summed E-state index contributed by atoms with van der Waals surface area (Å²) in [6.07, 6.45) is 2.55. The molecular formula is C14H15NO3. The van der Waals surface area contributed by atoms with Crippen LogP contribution in [-0.2, 0) is 17.8 Å². The van der Waals surface area contributed by atoms with E-state index in [0.29, 0.717) is 18.5 Å². The lowest BCUT2D eigenvalue weighted by Gasteiger charge is -2.05. The van der Waals surface area contributed by atoms with Crippen LogP contribution >= 0.6 is 0 Å². The Kier molecular flexibility index (Phi) is 4.15. The number of aliphatic hydroxyl groups excluding tert-OH is 1. The Bertz CT molecular complexity index is 506. The molecule has 0 aliphatic rings. The highest BCUT2D eigenvalue weighted by atomic mass is 16.3. The first-order chi connectivity index (χ1) is 8.78. The van der Waals surface area contributed by atoms with Gasteiger partial charge in [-0.1, -0.05) is 12.1 Å². The molecule has 0 atom stereocenters. The number of carbonyl (C=O) groups is 1. The number of aryl methyl sites for hydroxylation is 1. The number of nitrogens with one attached hydrogen (secondary N) is 1. The molecule has 1 amide bonds. The monoisotopic (exact) mass is 245 g/mol. The van der Waals surface area contributed by atoms with E-state index in [1.54, 1.807) is 36.6 Å². The lowest BCUT2D eigenvalue weighted by molar-refractivity contribution is -0.116. The first-order valence-corrected chi connectivity index (χ1v) is 5.80. The van der Waals surface area contributed by atoms with Gasteiger partial charge in [-0.15, -0.1) is 0 Å². The molecule has 0 aliphatic carbocycles. The van der Waals surface area contributed by atoms with Crippen molar-refractivity contribution < 1.29 is 14.3 Å². The Hall–Kier alpha value is -2.07. The molecule has 18 heavy (non-hydrogen) atoms. The average Bonchev–Trinajstić information content (AvgIpc) is 2.90. The first kappa shape index (κ1) is 12.4. The van der Waals surface area contributed by atoms with Crippen molar-refractivity contribution in [2.75, 3.05) is 5.32 Å². The number of amides is 1. The molecule has 1 aromatic heterocycles. The van der Waals surface area contributed by atoms with E-state index in [2.05, 4.69) is 5.32 Å². The fraction of sp³-hybridized carbons (Fsp3) is 0.214. The number of rotatable bonds is 5. The molecule has 94 valence electrons. The van der Waals surface area contributed by atoms with E-state index in [1.165, 1.54) is 0 Å². The summed E-state index contributed by atoms with van der Waals surface area (Å²) in [5, 5.41) is 11.8. The third-order valence-corrected chi connectivity index (χ3v) is 2.57. The highest BCUT2D eigenvalue weighted by Crippen LogP contribution is 2.11. The quantitative estimate of drug-likeness (QED) is 0.849. The molecule has 0 saturated carbocycles. The van der Waals surface area contributed by atoms with Gasteiger partial charge in [0.25, 0.3) is 0 Å². The summed E-state index contributed by atoms with van der Waals surface area (Å²) >= 11 is 0. The van der Waals surface area contributed by atoms with Crippen LogP contribution in [0.1, 0.15) is 17.7 Å². The number of hydrogen-bond acceptors (Lipinski definition) is 3. The van der Waals surface area contributed by atoms with Gasteiger partial charge in [0.15, 0.2) is 0 Å². The molecule has 1 aromatic carbocycles. The van der Waals surface area contributed by atoms with Gasteiger partial charge in [0.05, 0.1) is 12.9 Å². The van der Waals surface area contributed by atoms with E-state index in [-0.39, 0.29) is 12.5 Å². The molecular weight excluding hydrogens is 230 g/mol. The van der Waals surface area contributed by atoms with Crippen LogP contribution in [0.25, 0.3) is 0 Å². The van der Waals surface area contributed by atoms with Crippen LogP contribution in [0.4, 0.5) is 5.69 Å². The van der Waals surface area contributed by atoms with Gasteiger partial charge in [0.2, 0.25) is 5.91 Å². The SMILES string of the molecule is O=C(CCc1ccco1)Nc1cccc(CO)c1. The Labute approximate surface area is 105 Å². The molecule has 4 nitrogen and oxygen atoms in total. The van der Waals surface area contributed by atoms with Crippen molar-refractivity contribution in [1.29, 1.82) is 0 Å². The molecule has 0 aliphatic heterocycles. The maximum Gasteiger partial charge on any atom is 0.224 e. The number of carbonyl (C=O) groups excluding carboxylic acids is 1.